The van der Waals surface area contributed by atoms with Gasteiger partial charge in [-0.1, -0.05) is 29.8 Å². The van der Waals surface area contributed by atoms with Crippen LogP contribution in [-0.2, 0) is 6.54 Å². The highest BCUT2D eigenvalue weighted by molar-refractivity contribution is 6.30. The molecule has 3 rings (SSSR count). The Hall–Kier alpha value is -2.04. The van der Waals surface area contributed by atoms with E-state index in [0.717, 1.165) is 37.7 Å². The van der Waals surface area contributed by atoms with Gasteiger partial charge < -0.3 is 9.64 Å². The highest BCUT2D eigenvalue weighted by Crippen LogP contribution is 2.17. The molecule has 0 unspecified atom stereocenters. The summed E-state index contributed by atoms with van der Waals surface area (Å²) in [6, 6.07) is 15.3. The molecule has 0 bridgehead atoms. The Labute approximate surface area is 147 Å². The van der Waals surface area contributed by atoms with Crippen LogP contribution in [0.5, 0.6) is 5.75 Å². The Kier molecular flexibility index (Phi) is 5.38. The third kappa shape index (κ3) is 4.08. The van der Waals surface area contributed by atoms with Gasteiger partial charge in [-0.2, -0.15) is 0 Å². The first kappa shape index (κ1) is 16.8. The Morgan fingerprint density at radius 2 is 1.83 bits per heavy atom. The second-order valence-corrected chi connectivity index (χ2v) is 6.37. The van der Waals surface area contributed by atoms with Crippen molar-refractivity contribution in [2.24, 2.45) is 0 Å². The lowest BCUT2D eigenvalue weighted by Crippen LogP contribution is -2.48. The van der Waals surface area contributed by atoms with Crippen LogP contribution in [0.4, 0.5) is 0 Å². The normalized spacial score (nSPS) is 15.3. The SMILES string of the molecule is COc1cccc(C(=O)N2CCN(Cc3cccc(Cl)c3)CC2)c1. The molecule has 0 radical (unpaired) electrons. The maximum absolute atomic E-state index is 12.6. The van der Waals surface area contributed by atoms with E-state index in [1.165, 1.54) is 5.56 Å². The highest BCUT2D eigenvalue weighted by atomic mass is 35.5. The highest BCUT2D eigenvalue weighted by Gasteiger charge is 2.22. The van der Waals surface area contributed by atoms with E-state index in [1.807, 2.05) is 41.3 Å². The van der Waals surface area contributed by atoms with Gasteiger partial charge >= 0.3 is 0 Å². The number of rotatable bonds is 4. The number of halogens is 1. The van der Waals surface area contributed by atoms with Gasteiger partial charge in [-0.3, -0.25) is 9.69 Å². The average Bonchev–Trinajstić information content (AvgIpc) is 2.62. The van der Waals surface area contributed by atoms with Crippen molar-refractivity contribution in [1.29, 1.82) is 0 Å². The maximum atomic E-state index is 12.6. The molecule has 0 aromatic heterocycles. The van der Waals surface area contributed by atoms with Crippen LogP contribution in [0.25, 0.3) is 0 Å². The summed E-state index contributed by atoms with van der Waals surface area (Å²) in [6.07, 6.45) is 0. The molecule has 2 aromatic carbocycles. The van der Waals surface area contributed by atoms with E-state index < -0.39 is 0 Å². The second-order valence-electron chi connectivity index (χ2n) is 5.93. The lowest BCUT2D eigenvalue weighted by Gasteiger charge is -2.34. The Balaban J connectivity index is 1.57. The van der Waals surface area contributed by atoms with Gasteiger partial charge in [0.15, 0.2) is 0 Å². The summed E-state index contributed by atoms with van der Waals surface area (Å²) in [5.41, 5.74) is 1.88. The number of benzene rings is 2. The summed E-state index contributed by atoms with van der Waals surface area (Å²) in [5, 5.41) is 0.763. The number of ether oxygens (including phenoxy) is 1. The van der Waals surface area contributed by atoms with E-state index in [9.17, 15) is 4.79 Å². The number of nitrogens with zero attached hydrogens (tertiary/aromatic N) is 2. The lowest BCUT2D eigenvalue weighted by atomic mass is 10.1. The molecule has 0 N–H and O–H groups in total. The van der Waals surface area contributed by atoms with Crippen molar-refractivity contribution < 1.29 is 9.53 Å². The fraction of sp³-hybridized carbons (Fsp3) is 0.316. The van der Waals surface area contributed by atoms with Crippen LogP contribution in [-0.4, -0.2) is 49.0 Å². The number of hydrogen-bond donors (Lipinski definition) is 0. The fourth-order valence-corrected chi connectivity index (χ4v) is 3.15. The molecule has 2 aromatic rings. The average molecular weight is 345 g/mol. The third-order valence-corrected chi connectivity index (χ3v) is 4.51. The minimum atomic E-state index is 0.0660. The smallest absolute Gasteiger partial charge is 0.254 e. The number of carbonyl (C=O) groups is 1. The Morgan fingerprint density at radius 3 is 2.54 bits per heavy atom. The molecular weight excluding hydrogens is 324 g/mol. The molecule has 0 atom stereocenters. The lowest BCUT2D eigenvalue weighted by molar-refractivity contribution is 0.0628. The van der Waals surface area contributed by atoms with Gasteiger partial charge in [0.25, 0.3) is 5.91 Å². The number of piperazine rings is 1. The molecular formula is C19H21ClN2O2. The van der Waals surface area contributed by atoms with E-state index in [0.29, 0.717) is 11.3 Å². The summed E-state index contributed by atoms with van der Waals surface area (Å²) in [7, 11) is 1.61. The van der Waals surface area contributed by atoms with Crippen LogP contribution in [0.15, 0.2) is 48.5 Å². The molecule has 0 aliphatic carbocycles. The maximum Gasteiger partial charge on any atom is 0.254 e. The predicted molar refractivity (Wildman–Crippen MR) is 95.6 cm³/mol. The quantitative estimate of drug-likeness (QED) is 0.853. The molecule has 1 heterocycles. The molecule has 1 aliphatic heterocycles. The number of carbonyl (C=O) groups excluding carboxylic acids is 1. The van der Waals surface area contributed by atoms with E-state index in [4.69, 9.17) is 16.3 Å². The molecule has 1 saturated heterocycles. The van der Waals surface area contributed by atoms with Gasteiger partial charge in [-0.15, -0.1) is 0 Å². The molecule has 5 heteroatoms. The van der Waals surface area contributed by atoms with E-state index >= 15 is 0 Å². The zero-order valence-corrected chi connectivity index (χ0v) is 14.5. The van der Waals surface area contributed by atoms with E-state index in [2.05, 4.69) is 11.0 Å². The molecule has 1 fully saturated rings. The van der Waals surface area contributed by atoms with Gasteiger partial charge in [0.1, 0.15) is 5.75 Å². The Morgan fingerprint density at radius 1 is 1.08 bits per heavy atom. The van der Waals surface area contributed by atoms with Gasteiger partial charge in [0.2, 0.25) is 0 Å². The zero-order valence-electron chi connectivity index (χ0n) is 13.7. The summed E-state index contributed by atoms with van der Waals surface area (Å²) in [4.78, 5) is 16.9. The van der Waals surface area contributed by atoms with Crippen molar-refractivity contribution in [2.75, 3.05) is 33.3 Å². The number of methoxy groups -OCH3 is 1. The summed E-state index contributed by atoms with van der Waals surface area (Å²) in [5.74, 6) is 0.775. The van der Waals surface area contributed by atoms with Crippen LogP contribution in [0.2, 0.25) is 5.02 Å². The number of hydrogen-bond acceptors (Lipinski definition) is 3. The summed E-state index contributed by atoms with van der Waals surface area (Å²) < 4.78 is 5.20. The largest absolute Gasteiger partial charge is 0.497 e. The van der Waals surface area contributed by atoms with Crippen molar-refractivity contribution in [1.82, 2.24) is 9.80 Å². The minimum Gasteiger partial charge on any atom is -0.497 e. The van der Waals surface area contributed by atoms with E-state index in [1.54, 1.807) is 13.2 Å². The first-order chi connectivity index (χ1) is 11.7. The molecule has 4 nitrogen and oxygen atoms in total. The molecule has 1 amide bonds. The second kappa shape index (κ2) is 7.69. The summed E-state index contributed by atoms with van der Waals surface area (Å²) >= 11 is 6.04. The first-order valence-corrected chi connectivity index (χ1v) is 8.43. The van der Waals surface area contributed by atoms with Crippen molar-refractivity contribution in [3.05, 3.63) is 64.7 Å². The predicted octanol–water partition coefficient (Wildman–Crippen LogP) is 3.31. The zero-order chi connectivity index (χ0) is 16.9. The van der Waals surface area contributed by atoms with Crippen LogP contribution in [0, 0.1) is 0 Å². The minimum absolute atomic E-state index is 0.0660. The molecule has 1 aliphatic rings. The number of amides is 1. The van der Waals surface area contributed by atoms with Crippen LogP contribution in [0.1, 0.15) is 15.9 Å². The van der Waals surface area contributed by atoms with Crippen molar-refractivity contribution in [3.63, 3.8) is 0 Å². The van der Waals surface area contributed by atoms with Gasteiger partial charge in [-0.25, -0.2) is 0 Å². The monoisotopic (exact) mass is 344 g/mol. The fourth-order valence-electron chi connectivity index (χ4n) is 2.94. The van der Waals surface area contributed by atoms with Crippen LogP contribution >= 0.6 is 11.6 Å². The van der Waals surface area contributed by atoms with Gasteiger partial charge in [-0.05, 0) is 35.9 Å². The van der Waals surface area contributed by atoms with Crippen molar-refractivity contribution in [2.45, 2.75) is 6.54 Å². The van der Waals surface area contributed by atoms with E-state index in [-0.39, 0.29) is 5.91 Å². The van der Waals surface area contributed by atoms with Gasteiger partial charge in [0.05, 0.1) is 7.11 Å². The Bertz CT molecular complexity index is 712. The summed E-state index contributed by atoms with van der Waals surface area (Å²) in [6.45, 7) is 4.05. The molecule has 24 heavy (non-hydrogen) atoms. The van der Waals surface area contributed by atoms with Crippen molar-refractivity contribution >= 4 is 17.5 Å². The van der Waals surface area contributed by atoms with Crippen LogP contribution < -0.4 is 4.74 Å². The first-order valence-electron chi connectivity index (χ1n) is 8.06. The third-order valence-electron chi connectivity index (χ3n) is 4.27. The van der Waals surface area contributed by atoms with Crippen LogP contribution in [0.3, 0.4) is 0 Å². The standard InChI is InChI=1S/C19H21ClN2O2/c1-24-18-7-3-5-16(13-18)19(23)22-10-8-21(9-11-22)14-15-4-2-6-17(20)12-15/h2-7,12-13H,8-11,14H2,1H3. The molecule has 126 valence electrons. The van der Waals surface area contributed by atoms with Gasteiger partial charge in [0, 0.05) is 43.3 Å². The molecule has 0 spiro atoms. The molecule has 0 saturated carbocycles. The topological polar surface area (TPSA) is 32.8 Å². The van der Waals surface area contributed by atoms with Crippen molar-refractivity contribution in [3.8, 4) is 5.75 Å².